The molecule has 1 aliphatic rings. The van der Waals surface area contributed by atoms with Crippen LogP contribution in [-0.2, 0) is 11.3 Å². The number of benzene rings is 1. The van der Waals surface area contributed by atoms with Gasteiger partial charge in [0.05, 0.1) is 7.11 Å². The van der Waals surface area contributed by atoms with Crippen LogP contribution in [0.5, 0.6) is 11.5 Å². The number of nitrogens with one attached hydrogen (secondary N) is 1. The van der Waals surface area contributed by atoms with E-state index in [0.29, 0.717) is 25.3 Å². The quantitative estimate of drug-likeness (QED) is 0.333. The molecule has 1 heterocycles. The van der Waals surface area contributed by atoms with Gasteiger partial charge in [-0.15, -0.1) is 0 Å². The van der Waals surface area contributed by atoms with Crippen LogP contribution < -0.4 is 14.8 Å². The molecule has 0 aromatic heterocycles. The third-order valence-corrected chi connectivity index (χ3v) is 8.19. The summed E-state index contributed by atoms with van der Waals surface area (Å²) in [6.45, 7) is 8.40. The molecular weight excluding hydrogens is 404 g/mol. The molecule has 29 heavy (non-hydrogen) atoms. The second-order valence-corrected chi connectivity index (χ2v) is 10.00. The van der Waals surface area contributed by atoms with Gasteiger partial charge in [0.15, 0.2) is 11.5 Å². The molecule has 0 radical (unpaired) electrons. The molecular formula is C22H36N2O3S2. The molecule has 1 unspecified atom stereocenters. The van der Waals surface area contributed by atoms with Gasteiger partial charge in [0.2, 0.25) is 5.91 Å². The first-order valence-corrected chi connectivity index (χ1v) is 13.1. The van der Waals surface area contributed by atoms with Crippen LogP contribution in [0.15, 0.2) is 18.2 Å². The van der Waals surface area contributed by atoms with Gasteiger partial charge >= 0.3 is 0 Å². The molecule has 1 aromatic rings. The number of hydrogen-bond donors (Lipinski definition) is 1. The lowest BCUT2D eigenvalue weighted by atomic mass is 10.1. The maximum absolute atomic E-state index is 12.1. The Labute approximate surface area is 184 Å². The van der Waals surface area contributed by atoms with Crippen molar-refractivity contribution in [3.63, 3.8) is 0 Å². The molecule has 1 saturated heterocycles. The Hall–Kier alpha value is -1.05. The van der Waals surface area contributed by atoms with E-state index in [4.69, 9.17) is 9.47 Å². The Balaban J connectivity index is 1.69. The molecule has 164 valence electrons. The average Bonchev–Trinajstić information content (AvgIpc) is 3.27. The maximum Gasteiger partial charge on any atom is 0.220 e. The fourth-order valence-corrected chi connectivity index (χ4v) is 6.30. The molecule has 1 atom stereocenters. The van der Waals surface area contributed by atoms with E-state index in [0.717, 1.165) is 49.0 Å². The molecule has 7 heteroatoms. The predicted octanol–water partition coefficient (Wildman–Crippen LogP) is 4.75. The Kier molecular flexibility index (Phi) is 11.7. The van der Waals surface area contributed by atoms with Gasteiger partial charge < -0.3 is 19.7 Å². The summed E-state index contributed by atoms with van der Waals surface area (Å²) in [6.07, 6.45) is 5.26. The first-order valence-electron chi connectivity index (χ1n) is 10.7. The standard InChI is InChI=1S/C22H36N2O3S2/c1-4-24(5-2)13-14-27-20-11-10-18(16-21(20)26-3)17-23-22(25)9-7-6-8-19-12-15-28-29-19/h10-11,16,19H,4-9,12-15,17H2,1-3H3,(H,23,25). The molecule has 2 rings (SSSR count). The van der Waals surface area contributed by atoms with Crippen LogP contribution in [-0.4, -0.2) is 55.2 Å². The van der Waals surface area contributed by atoms with Crippen molar-refractivity contribution in [2.24, 2.45) is 0 Å². The minimum absolute atomic E-state index is 0.122. The highest BCUT2D eigenvalue weighted by atomic mass is 33.1. The van der Waals surface area contributed by atoms with Crippen LogP contribution in [0, 0.1) is 0 Å². The van der Waals surface area contributed by atoms with Crippen LogP contribution >= 0.6 is 21.6 Å². The Morgan fingerprint density at radius 1 is 1.24 bits per heavy atom. The Bertz CT molecular complexity index is 606. The first-order chi connectivity index (χ1) is 14.2. The van der Waals surface area contributed by atoms with Gasteiger partial charge in [0.25, 0.3) is 0 Å². The maximum atomic E-state index is 12.1. The summed E-state index contributed by atoms with van der Waals surface area (Å²) in [7, 11) is 5.64. The van der Waals surface area contributed by atoms with Crippen LogP contribution in [0.3, 0.4) is 0 Å². The summed E-state index contributed by atoms with van der Waals surface area (Å²) in [5.41, 5.74) is 1.02. The van der Waals surface area contributed by atoms with E-state index >= 15 is 0 Å². The molecule has 0 spiro atoms. The molecule has 1 N–H and O–H groups in total. The molecule has 0 bridgehead atoms. The number of carbonyl (C=O) groups excluding carboxylic acids is 1. The lowest BCUT2D eigenvalue weighted by Gasteiger charge is -2.19. The molecule has 0 saturated carbocycles. The van der Waals surface area contributed by atoms with Crippen molar-refractivity contribution >= 4 is 27.5 Å². The third kappa shape index (κ3) is 9.09. The topological polar surface area (TPSA) is 50.8 Å². The number of amides is 1. The van der Waals surface area contributed by atoms with Crippen molar-refractivity contribution in [2.45, 2.75) is 57.7 Å². The molecule has 5 nitrogen and oxygen atoms in total. The van der Waals surface area contributed by atoms with E-state index in [1.807, 2.05) is 39.8 Å². The monoisotopic (exact) mass is 440 g/mol. The molecule has 1 aliphatic heterocycles. The zero-order valence-electron chi connectivity index (χ0n) is 18.1. The molecule has 1 fully saturated rings. The van der Waals surface area contributed by atoms with Crippen molar-refractivity contribution in [1.29, 1.82) is 0 Å². The smallest absolute Gasteiger partial charge is 0.220 e. The number of rotatable bonds is 14. The number of methoxy groups -OCH3 is 1. The summed E-state index contributed by atoms with van der Waals surface area (Å²) < 4.78 is 11.4. The van der Waals surface area contributed by atoms with Gasteiger partial charge in [-0.2, -0.15) is 0 Å². The van der Waals surface area contributed by atoms with Crippen LogP contribution in [0.25, 0.3) is 0 Å². The molecule has 1 aromatic carbocycles. The van der Waals surface area contributed by atoms with Gasteiger partial charge in [-0.1, -0.05) is 47.9 Å². The number of unbranched alkanes of at least 4 members (excludes halogenated alkanes) is 1. The number of nitrogens with zero attached hydrogens (tertiary/aromatic N) is 1. The van der Waals surface area contributed by atoms with Crippen molar-refractivity contribution in [3.8, 4) is 11.5 Å². The highest BCUT2D eigenvalue weighted by molar-refractivity contribution is 8.77. The number of likely N-dealkylation sites (N-methyl/N-ethyl adjacent to an activating group) is 1. The van der Waals surface area contributed by atoms with Crippen LogP contribution in [0.4, 0.5) is 0 Å². The highest BCUT2D eigenvalue weighted by Gasteiger charge is 2.16. The largest absolute Gasteiger partial charge is 0.493 e. The summed E-state index contributed by atoms with van der Waals surface area (Å²) >= 11 is 0. The van der Waals surface area contributed by atoms with E-state index in [-0.39, 0.29) is 5.91 Å². The van der Waals surface area contributed by atoms with Gasteiger partial charge in [0.1, 0.15) is 6.61 Å². The first kappa shape index (κ1) is 24.2. The molecule has 1 amide bonds. The van der Waals surface area contributed by atoms with Crippen molar-refractivity contribution in [3.05, 3.63) is 23.8 Å². The lowest BCUT2D eigenvalue weighted by Crippen LogP contribution is -2.28. The van der Waals surface area contributed by atoms with Crippen molar-refractivity contribution in [2.75, 3.05) is 39.1 Å². The lowest BCUT2D eigenvalue weighted by molar-refractivity contribution is -0.121. The summed E-state index contributed by atoms with van der Waals surface area (Å²) in [5, 5.41) is 3.81. The van der Waals surface area contributed by atoms with Gasteiger partial charge in [-0.3, -0.25) is 4.79 Å². The number of carbonyl (C=O) groups is 1. The third-order valence-electron chi connectivity index (χ3n) is 5.18. The van der Waals surface area contributed by atoms with Gasteiger partial charge in [-0.05, 0) is 50.0 Å². The fourth-order valence-electron chi connectivity index (χ4n) is 3.28. The van der Waals surface area contributed by atoms with E-state index in [2.05, 4.69) is 24.1 Å². The van der Waals surface area contributed by atoms with E-state index in [1.165, 1.54) is 18.6 Å². The highest BCUT2D eigenvalue weighted by Crippen LogP contribution is 2.39. The SMILES string of the molecule is CCN(CC)CCOc1ccc(CNC(=O)CCCCC2CCSS2)cc1OC. The van der Waals surface area contributed by atoms with E-state index < -0.39 is 0 Å². The normalized spacial score (nSPS) is 16.2. The summed E-state index contributed by atoms with van der Waals surface area (Å²) in [4.78, 5) is 14.4. The summed E-state index contributed by atoms with van der Waals surface area (Å²) in [5.74, 6) is 2.86. The fraction of sp³-hybridized carbons (Fsp3) is 0.682. The average molecular weight is 441 g/mol. The summed E-state index contributed by atoms with van der Waals surface area (Å²) in [6, 6.07) is 5.87. The second kappa shape index (κ2) is 14.0. The van der Waals surface area contributed by atoms with E-state index in [1.54, 1.807) is 7.11 Å². The van der Waals surface area contributed by atoms with Crippen molar-refractivity contribution in [1.82, 2.24) is 10.2 Å². The van der Waals surface area contributed by atoms with E-state index in [9.17, 15) is 4.79 Å². The Morgan fingerprint density at radius 3 is 2.76 bits per heavy atom. The Morgan fingerprint density at radius 2 is 2.07 bits per heavy atom. The number of hydrogen-bond acceptors (Lipinski definition) is 6. The van der Waals surface area contributed by atoms with Crippen molar-refractivity contribution < 1.29 is 14.3 Å². The zero-order valence-corrected chi connectivity index (χ0v) is 19.7. The van der Waals surface area contributed by atoms with Crippen LogP contribution in [0.2, 0.25) is 0 Å². The second-order valence-electron chi connectivity index (χ2n) is 7.21. The zero-order chi connectivity index (χ0) is 20.9. The molecule has 0 aliphatic carbocycles. The number of ether oxygens (including phenoxy) is 2. The minimum atomic E-state index is 0.122. The minimum Gasteiger partial charge on any atom is -0.493 e. The van der Waals surface area contributed by atoms with Gasteiger partial charge in [-0.25, -0.2) is 0 Å². The predicted molar refractivity (Wildman–Crippen MR) is 125 cm³/mol. The van der Waals surface area contributed by atoms with Crippen LogP contribution in [0.1, 0.15) is 51.5 Å². The van der Waals surface area contributed by atoms with Gasteiger partial charge in [0, 0.05) is 30.5 Å².